The van der Waals surface area contributed by atoms with Gasteiger partial charge in [0.05, 0.1) is 11.6 Å². The van der Waals surface area contributed by atoms with Crippen molar-refractivity contribution in [1.29, 1.82) is 0 Å². The van der Waals surface area contributed by atoms with Gasteiger partial charge in [-0.25, -0.2) is 8.78 Å². The van der Waals surface area contributed by atoms with E-state index in [0.29, 0.717) is 24.4 Å². The molecule has 1 saturated carbocycles. The van der Waals surface area contributed by atoms with Crippen molar-refractivity contribution in [2.45, 2.75) is 44.7 Å². The Hall–Kier alpha value is -2.27. The van der Waals surface area contributed by atoms with Crippen molar-refractivity contribution >= 4 is 5.91 Å². The number of fused-ring (bicyclic) bond motifs is 1. The molecule has 2 saturated heterocycles. The molecule has 3 nitrogen and oxygen atoms in total. The van der Waals surface area contributed by atoms with E-state index in [-0.39, 0.29) is 11.6 Å². The second-order valence-corrected chi connectivity index (χ2v) is 9.20. The number of carbonyl (C=O) groups is 1. The Morgan fingerprint density at radius 1 is 1.00 bits per heavy atom. The van der Waals surface area contributed by atoms with Crippen LogP contribution in [0.2, 0.25) is 0 Å². The maximum absolute atomic E-state index is 14.4. The number of hydrogen-bond acceptors (Lipinski definition) is 2. The first-order valence-electron chi connectivity index (χ1n) is 11.1. The standard InChI is InChI=1S/C25H28F2N2O/c1-16-6-2-5-9-20(16)24-22-15-28(19-7-3-4-8-19)13-17(22)14-29(24)25(30)21-12-18(26)10-11-23(21)27/h2,5-6,9-12,17,19,22,24H,3-4,7-8,13-15H2,1H3/t17-,22-,24+/m0/s1. The molecule has 30 heavy (non-hydrogen) atoms. The van der Waals surface area contributed by atoms with Crippen molar-refractivity contribution in [3.63, 3.8) is 0 Å². The third-order valence-corrected chi connectivity index (χ3v) is 7.46. The van der Waals surface area contributed by atoms with E-state index in [1.807, 2.05) is 17.0 Å². The lowest BCUT2D eigenvalue weighted by Crippen LogP contribution is -2.38. The lowest BCUT2D eigenvalue weighted by molar-refractivity contribution is 0.0688. The second kappa shape index (κ2) is 7.77. The summed E-state index contributed by atoms with van der Waals surface area (Å²) in [6.07, 6.45) is 5.15. The molecule has 1 amide bonds. The zero-order valence-electron chi connectivity index (χ0n) is 17.4. The fourth-order valence-corrected chi connectivity index (χ4v) is 5.99. The molecule has 158 valence electrons. The van der Waals surface area contributed by atoms with Crippen LogP contribution in [0.15, 0.2) is 42.5 Å². The van der Waals surface area contributed by atoms with Gasteiger partial charge in [0.15, 0.2) is 0 Å². The van der Waals surface area contributed by atoms with Gasteiger partial charge in [-0.05, 0) is 55.0 Å². The van der Waals surface area contributed by atoms with Crippen LogP contribution in [0.3, 0.4) is 0 Å². The number of hydrogen-bond donors (Lipinski definition) is 0. The van der Waals surface area contributed by atoms with Crippen LogP contribution in [0.4, 0.5) is 8.78 Å². The molecule has 1 aliphatic carbocycles. The number of benzene rings is 2. The van der Waals surface area contributed by atoms with E-state index in [9.17, 15) is 13.6 Å². The van der Waals surface area contributed by atoms with Crippen LogP contribution >= 0.6 is 0 Å². The highest BCUT2D eigenvalue weighted by molar-refractivity contribution is 5.95. The predicted molar refractivity (Wildman–Crippen MR) is 112 cm³/mol. The van der Waals surface area contributed by atoms with Gasteiger partial charge in [-0.1, -0.05) is 37.1 Å². The van der Waals surface area contributed by atoms with Crippen LogP contribution in [0.1, 0.15) is 53.2 Å². The van der Waals surface area contributed by atoms with E-state index in [0.717, 1.165) is 42.4 Å². The molecule has 2 aromatic rings. The van der Waals surface area contributed by atoms with Crippen LogP contribution in [0.25, 0.3) is 0 Å². The van der Waals surface area contributed by atoms with Gasteiger partial charge in [-0.15, -0.1) is 0 Å². The monoisotopic (exact) mass is 410 g/mol. The van der Waals surface area contributed by atoms with Gasteiger partial charge in [-0.3, -0.25) is 9.69 Å². The molecule has 2 heterocycles. The molecular formula is C25H28F2N2O. The Balaban J connectivity index is 1.49. The van der Waals surface area contributed by atoms with E-state index >= 15 is 0 Å². The van der Waals surface area contributed by atoms with Gasteiger partial charge in [0.1, 0.15) is 11.6 Å². The lowest BCUT2D eigenvalue weighted by Gasteiger charge is -2.32. The minimum atomic E-state index is -0.658. The van der Waals surface area contributed by atoms with Crippen LogP contribution in [-0.4, -0.2) is 41.4 Å². The zero-order chi connectivity index (χ0) is 20.8. The predicted octanol–water partition coefficient (Wildman–Crippen LogP) is 4.96. The van der Waals surface area contributed by atoms with Gasteiger partial charge >= 0.3 is 0 Å². The van der Waals surface area contributed by atoms with E-state index in [1.165, 1.54) is 25.7 Å². The molecule has 0 aromatic heterocycles. The minimum absolute atomic E-state index is 0.0993. The van der Waals surface area contributed by atoms with Gasteiger partial charge < -0.3 is 4.90 Å². The van der Waals surface area contributed by atoms with Crippen LogP contribution in [0, 0.1) is 30.4 Å². The maximum atomic E-state index is 14.4. The fraction of sp³-hybridized carbons (Fsp3) is 0.480. The molecule has 5 heteroatoms. The van der Waals surface area contributed by atoms with E-state index < -0.39 is 17.5 Å². The van der Waals surface area contributed by atoms with Crippen molar-refractivity contribution in [3.8, 4) is 0 Å². The topological polar surface area (TPSA) is 23.6 Å². The van der Waals surface area contributed by atoms with Crippen molar-refractivity contribution in [2.24, 2.45) is 11.8 Å². The fourth-order valence-electron chi connectivity index (χ4n) is 5.99. The quantitative estimate of drug-likeness (QED) is 0.714. The Kier molecular flexibility index (Phi) is 5.10. The van der Waals surface area contributed by atoms with Crippen LogP contribution < -0.4 is 0 Å². The first kappa shape index (κ1) is 19.7. The maximum Gasteiger partial charge on any atom is 0.257 e. The molecule has 2 aromatic carbocycles. The van der Waals surface area contributed by atoms with Gasteiger partial charge in [-0.2, -0.15) is 0 Å². The summed E-state index contributed by atoms with van der Waals surface area (Å²) in [4.78, 5) is 17.8. The average molecular weight is 411 g/mol. The minimum Gasteiger partial charge on any atom is -0.331 e. The first-order valence-corrected chi connectivity index (χ1v) is 11.1. The van der Waals surface area contributed by atoms with E-state index in [1.54, 1.807) is 0 Å². The second-order valence-electron chi connectivity index (χ2n) is 9.20. The third kappa shape index (κ3) is 3.33. The largest absolute Gasteiger partial charge is 0.331 e. The molecule has 3 atom stereocenters. The molecule has 0 radical (unpaired) electrons. The van der Waals surface area contributed by atoms with E-state index in [4.69, 9.17) is 0 Å². The summed E-state index contributed by atoms with van der Waals surface area (Å²) in [5, 5.41) is 0. The molecule has 3 fully saturated rings. The Labute approximate surface area is 176 Å². The zero-order valence-corrected chi connectivity index (χ0v) is 17.4. The first-order chi connectivity index (χ1) is 14.5. The summed E-state index contributed by atoms with van der Waals surface area (Å²) in [5.74, 6) is -0.946. The van der Waals surface area contributed by atoms with Crippen molar-refractivity contribution in [1.82, 2.24) is 9.80 Å². The molecule has 0 bridgehead atoms. The van der Waals surface area contributed by atoms with E-state index in [2.05, 4.69) is 24.0 Å². The summed E-state index contributed by atoms with van der Waals surface area (Å²) in [7, 11) is 0. The Bertz CT molecular complexity index is 956. The van der Waals surface area contributed by atoms with Gasteiger partial charge in [0.2, 0.25) is 0 Å². The molecule has 5 rings (SSSR count). The van der Waals surface area contributed by atoms with Crippen LogP contribution in [0.5, 0.6) is 0 Å². The molecule has 2 aliphatic heterocycles. The van der Waals surface area contributed by atoms with Crippen molar-refractivity contribution < 1.29 is 13.6 Å². The van der Waals surface area contributed by atoms with Crippen LogP contribution in [-0.2, 0) is 0 Å². The molecule has 0 N–H and O–H groups in total. The van der Waals surface area contributed by atoms with Gasteiger partial charge in [0, 0.05) is 31.6 Å². The van der Waals surface area contributed by atoms with Crippen molar-refractivity contribution in [2.75, 3.05) is 19.6 Å². The average Bonchev–Trinajstić information content (AvgIpc) is 3.45. The summed E-state index contributed by atoms with van der Waals surface area (Å²) in [6, 6.07) is 11.9. The Morgan fingerprint density at radius 3 is 2.53 bits per heavy atom. The molecular weight excluding hydrogens is 382 g/mol. The normalized spacial score (nSPS) is 27.0. The SMILES string of the molecule is Cc1ccccc1[C@@H]1[C@H]2CN(C3CCCC3)C[C@H]2CN1C(=O)c1cc(F)ccc1F. The summed E-state index contributed by atoms with van der Waals surface area (Å²) >= 11 is 0. The summed E-state index contributed by atoms with van der Waals surface area (Å²) < 4.78 is 28.2. The Morgan fingerprint density at radius 2 is 1.77 bits per heavy atom. The lowest BCUT2D eigenvalue weighted by atomic mass is 9.87. The summed E-state index contributed by atoms with van der Waals surface area (Å²) in [5.41, 5.74) is 2.10. The third-order valence-electron chi connectivity index (χ3n) is 7.46. The number of nitrogens with zero attached hydrogens (tertiary/aromatic N) is 2. The smallest absolute Gasteiger partial charge is 0.257 e. The molecule has 0 spiro atoms. The van der Waals surface area contributed by atoms with Crippen molar-refractivity contribution in [3.05, 3.63) is 70.8 Å². The number of amides is 1. The number of carbonyl (C=O) groups excluding carboxylic acids is 1. The number of likely N-dealkylation sites (tertiary alicyclic amines) is 2. The van der Waals surface area contributed by atoms with Gasteiger partial charge in [0.25, 0.3) is 5.91 Å². The number of rotatable bonds is 3. The highest BCUT2D eigenvalue weighted by Crippen LogP contribution is 2.47. The number of aryl methyl sites for hydroxylation is 1. The molecule has 0 unspecified atom stereocenters. The molecule has 3 aliphatic rings. The highest BCUT2D eigenvalue weighted by Gasteiger charge is 2.50. The number of halogens is 2. The summed E-state index contributed by atoms with van der Waals surface area (Å²) in [6.45, 7) is 4.64. The highest BCUT2D eigenvalue weighted by atomic mass is 19.1.